The molecule has 1 aromatic rings. The lowest BCUT2D eigenvalue weighted by molar-refractivity contribution is -0.147. The second kappa shape index (κ2) is 4.01. The molecule has 3 nitrogen and oxygen atoms in total. The van der Waals surface area contributed by atoms with Crippen molar-refractivity contribution >= 4 is 5.97 Å². The molecule has 1 N–H and O–H groups in total. The first-order valence-corrected chi connectivity index (χ1v) is 6.58. The summed E-state index contributed by atoms with van der Waals surface area (Å²) < 4.78 is 5.48. The van der Waals surface area contributed by atoms with Crippen molar-refractivity contribution in [3.63, 3.8) is 0 Å². The van der Waals surface area contributed by atoms with E-state index >= 15 is 0 Å². The van der Waals surface area contributed by atoms with Gasteiger partial charge in [0.25, 0.3) is 0 Å². The van der Waals surface area contributed by atoms with Crippen molar-refractivity contribution in [2.75, 3.05) is 7.11 Å². The number of carboxylic acids is 1. The van der Waals surface area contributed by atoms with E-state index in [1.54, 1.807) is 7.11 Å². The number of hydrogen-bond acceptors (Lipinski definition) is 2. The standard InChI is InChI=1S/C15H18O3/c1-18-12-5-2-4-10-6-7-11(14(16)17)15(13(10)12)8-3-9-15/h2,4-5,11H,3,6-9H2,1H3,(H,16,17). The highest BCUT2D eigenvalue weighted by Gasteiger charge is 2.52. The Kier molecular flexibility index (Phi) is 2.58. The van der Waals surface area contributed by atoms with Gasteiger partial charge in [-0.3, -0.25) is 4.79 Å². The van der Waals surface area contributed by atoms with Crippen molar-refractivity contribution in [3.05, 3.63) is 29.3 Å². The van der Waals surface area contributed by atoms with Gasteiger partial charge in [-0.1, -0.05) is 18.6 Å². The molecule has 1 saturated carbocycles. The van der Waals surface area contributed by atoms with Gasteiger partial charge in [-0.25, -0.2) is 0 Å². The molecule has 0 amide bonds. The van der Waals surface area contributed by atoms with Crippen LogP contribution in [0.4, 0.5) is 0 Å². The Morgan fingerprint density at radius 2 is 2.22 bits per heavy atom. The van der Waals surface area contributed by atoms with Gasteiger partial charge in [0.1, 0.15) is 5.75 Å². The third-order valence-electron chi connectivity index (χ3n) is 4.74. The number of rotatable bonds is 2. The van der Waals surface area contributed by atoms with Gasteiger partial charge >= 0.3 is 5.97 Å². The Hall–Kier alpha value is -1.51. The number of hydrogen-bond donors (Lipinski definition) is 1. The van der Waals surface area contributed by atoms with Crippen LogP contribution in [0.3, 0.4) is 0 Å². The molecule has 1 unspecified atom stereocenters. The van der Waals surface area contributed by atoms with Crippen LogP contribution < -0.4 is 4.74 Å². The lowest BCUT2D eigenvalue weighted by Gasteiger charge is -2.50. The quantitative estimate of drug-likeness (QED) is 0.872. The molecule has 18 heavy (non-hydrogen) atoms. The second-order valence-corrected chi connectivity index (χ2v) is 5.43. The van der Waals surface area contributed by atoms with Crippen molar-refractivity contribution in [1.82, 2.24) is 0 Å². The number of ether oxygens (including phenoxy) is 1. The number of benzene rings is 1. The fourth-order valence-electron chi connectivity index (χ4n) is 3.79. The maximum atomic E-state index is 11.5. The molecular weight excluding hydrogens is 228 g/mol. The summed E-state index contributed by atoms with van der Waals surface area (Å²) in [4.78, 5) is 11.5. The SMILES string of the molecule is COc1cccc2c1C1(CCC1)C(C(=O)O)CC2. The van der Waals surface area contributed by atoms with Gasteiger partial charge in [-0.2, -0.15) is 0 Å². The first-order valence-electron chi connectivity index (χ1n) is 6.58. The second-order valence-electron chi connectivity index (χ2n) is 5.43. The summed E-state index contributed by atoms with van der Waals surface area (Å²) in [7, 11) is 1.67. The van der Waals surface area contributed by atoms with Crippen molar-refractivity contribution in [3.8, 4) is 5.75 Å². The molecule has 1 fully saturated rings. The van der Waals surface area contributed by atoms with Crippen LogP contribution in [0, 0.1) is 5.92 Å². The molecule has 1 spiro atoms. The zero-order valence-corrected chi connectivity index (χ0v) is 10.6. The van der Waals surface area contributed by atoms with E-state index in [-0.39, 0.29) is 11.3 Å². The number of methoxy groups -OCH3 is 1. The van der Waals surface area contributed by atoms with Gasteiger partial charge in [0.2, 0.25) is 0 Å². The molecule has 0 bridgehead atoms. The third kappa shape index (κ3) is 1.39. The first-order chi connectivity index (χ1) is 8.69. The molecule has 0 aliphatic heterocycles. The van der Waals surface area contributed by atoms with Crippen molar-refractivity contribution in [2.45, 2.75) is 37.5 Å². The molecule has 3 heteroatoms. The van der Waals surface area contributed by atoms with Crippen LogP contribution >= 0.6 is 0 Å². The molecule has 3 rings (SSSR count). The minimum absolute atomic E-state index is 0.161. The molecule has 0 aromatic heterocycles. The largest absolute Gasteiger partial charge is 0.496 e. The molecule has 0 saturated heterocycles. The van der Waals surface area contributed by atoms with Crippen molar-refractivity contribution in [1.29, 1.82) is 0 Å². The van der Waals surface area contributed by atoms with Crippen LogP contribution in [-0.2, 0) is 16.6 Å². The fourth-order valence-corrected chi connectivity index (χ4v) is 3.79. The highest BCUT2D eigenvalue weighted by atomic mass is 16.5. The monoisotopic (exact) mass is 246 g/mol. The van der Waals surface area contributed by atoms with Gasteiger partial charge in [-0.15, -0.1) is 0 Å². The van der Waals surface area contributed by atoms with E-state index in [9.17, 15) is 9.90 Å². The zero-order valence-electron chi connectivity index (χ0n) is 10.6. The number of carboxylic acid groups (broad SMARTS) is 1. The average molecular weight is 246 g/mol. The molecule has 1 atom stereocenters. The predicted molar refractivity (Wildman–Crippen MR) is 68.0 cm³/mol. The highest BCUT2D eigenvalue weighted by molar-refractivity contribution is 5.74. The Labute approximate surface area is 107 Å². The minimum Gasteiger partial charge on any atom is -0.496 e. The topological polar surface area (TPSA) is 46.5 Å². The van der Waals surface area contributed by atoms with Gasteiger partial charge in [0, 0.05) is 11.0 Å². The lowest BCUT2D eigenvalue weighted by Crippen LogP contribution is -2.48. The molecule has 2 aliphatic rings. The van der Waals surface area contributed by atoms with Crippen LogP contribution in [0.15, 0.2) is 18.2 Å². The number of aryl methyl sites for hydroxylation is 1. The summed E-state index contributed by atoms with van der Waals surface area (Å²) in [6, 6.07) is 6.09. The molecule has 2 aliphatic carbocycles. The van der Waals surface area contributed by atoms with Crippen molar-refractivity contribution in [2.24, 2.45) is 5.92 Å². The smallest absolute Gasteiger partial charge is 0.307 e. The minimum atomic E-state index is -0.647. The Bertz CT molecular complexity index is 474. The summed E-state index contributed by atoms with van der Waals surface area (Å²) >= 11 is 0. The van der Waals surface area contributed by atoms with E-state index in [0.717, 1.165) is 37.9 Å². The van der Waals surface area contributed by atoms with Gasteiger partial charge in [0.15, 0.2) is 0 Å². The van der Waals surface area contributed by atoms with Crippen LogP contribution in [-0.4, -0.2) is 18.2 Å². The lowest BCUT2D eigenvalue weighted by atomic mass is 9.53. The van der Waals surface area contributed by atoms with Gasteiger partial charge < -0.3 is 9.84 Å². The van der Waals surface area contributed by atoms with Gasteiger partial charge in [0.05, 0.1) is 13.0 Å². The van der Waals surface area contributed by atoms with E-state index in [1.807, 2.05) is 12.1 Å². The van der Waals surface area contributed by atoms with Gasteiger partial charge in [-0.05, 0) is 37.3 Å². The van der Waals surface area contributed by atoms with E-state index in [1.165, 1.54) is 11.1 Å². The van der Waals surface area contributed by atoms with Crippen LogP contribution in [0.1, 0.15) is 36.8 Å². The number of fused-ring (bicyclic) bond motifs is 2. The average Bonchev–Trinajstić information content (AvgIpc) is 2.34. The molecule has 1 aromatic carbocycles. The normalized spacial score (nSPS) is 24.2. The fraction of sp³-hybridized carbons (Fsp3) is 0.533. The Balaban J connectivity index is 2.16. The summed E-state index contributed by atoms with van der Waals surface area (Å²) in [5, 5.41) is 9.49. The zero-order chi connectivity index (χ0) is 12.8. The summed E-state index contributed by atoms with van der Waals surface area (Å²) in [5.41, 5.74) is 2.30. The third-order valence-corrected chi connectivity index (χ3v) is 4.74. The maximum Gasteiger partial charge on any atom is 0.307 e. The highest BCUT2D eigenvalue weighted by Crippen LogP contribution is 2.56. The Morgan fingerprint density at radius 3 is 2.78 bits per heavy atom. The molecule has 96 valence electrons. The van der Waals surface area contributed by atoms with E-state index in [4.69, 9.17) is 4.74 Å². The van der Waals surface area contributed by atoms with Crippen LogP contribution in [0.25, 0.3) is 0 Å². The summed E-state index contributed by atoms with van der Waals surface area (Å²) in [6.07, 6.45) is 4.71. The molecule has 0 radical (unpaired) electrons. The number of carbonyl (C=O) groups is 1. The van der Waals surface area contributed by atoms with E-state index in [0.29, 0.717) is 0 Å². The van der Waals surface area contributed by atoms with Crippen LogP contribution in [0.2, 0.25) is 0 Å². The Morgan fingerprint density at radius 1 is 1.44 bits per heavy atom. The first kappa shape index (κ1) is 11.6. The number of aliphatic carboxylic acids is 1. The van der Waals surface area contributed by atoms with E-state index < -0.39 is 5.97 Å². The maximum absolute atomic E-state index is 11.5. The predicted octanol–water partition coefficient (Wildman–Crippen LogP) is 2.76. The molecule has 0 heterocycles. The summed E-state index contributed by atoms with van der Waals surface area (Å²) in [5.74, 6) is -0.0144. The summed E-state index contributed by atoms with van der Waals surface area (Å²) in [6.45, 7) is 0. The molecular formula is C15H18O3. The van der Waals surface area contributed by atoms with Crippen LogP contribution in [0.5, 0.6) is 5.75 Å². The van der Waals surface area contributed by atoms with E-state index in [2.05, 4.69) is 6.07 Å². The van der Waals surface area contributed by atoms with Crippen molar-refractivity contribution < 1.29 is 14.6 Å².